The number of likely N-dealkylation sites (N-methyl/N-ethyl adjacent to an activating group) is 1. The van der Waals surface area contributed by atoms with Crippen LogP contribution in [0.2, 0.25) is 19.6 Å². The molecule has 2 aliphatic heterocycles. The van der Waals surface area contributed by atoms with E-state index in [0.717, 1.165) is 11.1 Å². The molecular weight excluding hydrogens is 376 g/mol. The molecule has 0 radical (unpaired) electrons. The van der Waals surface area contributed by atoms with Gasteiger partial charge < -0.3 is 9.64 Å². The molecule has 1 saturated heterocycles. The first kappa shape index (κ1) is 19.9. The predicted octanol–water partition coefficient (Wildman–Crippen LogP) is 5.39. The highest BCUT2D eigenvalue weighted by Crippen LogP contribution is 2.44. The molecule has 152 valence electrons. The summed E-state index contributed by atoms with van der Waals surface area (Å²) in [6.45, 7) is 9.14. The van der Waals surface area contributed by atoms with Gasteiger partial charge in [-0.2, -0.15) is 0 Å². The van der Waals surface area contributed by atoms with E-state index in [4.69, 9.17) is 4.74 Å². The van der Waals surface area contributed by atoms with E-state index in [1.165, 1.54) is 5.20 Å². The fourth-order valence-corrected chi connectivity index (χ4v) is 6.11. The second-order valence-electron chi connectivity index (χ2n) is 9.09. The number of carbonyl (C=O) groups is 1. The molecule has 2 aromatic carbocycles. The fraction of sp³-hybridized carbons (Fsp3) is 0.375. The molecule has 29 heavy (non-hydrogen) atoms. The summed E-state index contributed by atoms with van der Waals surface area (Å²) in [6, 6.07) is 20.7. The standard InChI is InChI=1S/C24H30N2O2Si/c1-17-22(18-12-8-6-9-13-18)26(24(27)25(17)2)21-16-20(29(3,4)5)23(28-21)19-14-10-7-11-15-19/h6-17,21-23H,1-5H3/t17-,21-,22-,23-/m0/s1. The first-order valence-corrected chi connectivity index (χ1v) is 13.8. The molecule has 0 spiro atoms. The lowest BCUT2D eigenvalue weighted by atomic mass is 10.0. The van der Waals surface area contributed by atoms with E-state index in [2.05, 4.69) is 69.0 Å². The number of carbonyl (C=O) groups excluding carboxylic acids is 1. The van der Waals surface area contributed by atoms with Crippen molar-refractivity contribution in [3.63, 3.8) is 0 Å². The van der Waals surface area contributed by atoms with Gasteiger partial charge in [-0.1, -0.05) is 80.3 Å². The highest BCUT2D eigenvalue weighted by Gasteiger charge is 2.48. The third kappa shape index (κ3) is 3.53. The Balaban J connectivity index is 1.74. The third-order valence-corrected chi connectivity index (χ3v) is 8.31. The molecule has 1 fully saturated rings. The number of hydrogen-bond acceptors (Lipinski definition) is 2. The van der Waals surface area contributed by atoms with E-state index in [-0.39, 0.29) is 30.4 Å². The van der Waals surface area contributed by atoms with Gasteiger partial charge in [0.1, 0.15) is 6.10 Å². The number of ether oxygens (including phenoxy) is 1. The summed E-state index contributed by atoms with van der Waals surface area (Å²) in [4.78, 5) is 17.0. The molecule has 4 atom stereocenters. The molecule has 2 amide bonds. The summed E-state index contributed by atoms with van der Waals surface area (Å²) >= 11 is 0. The van der Waals surface area contributed by atoms with Gasteiger partial charge in [0.05, 0.1) is 20.2 Å². The van der Waals surface area contributed by atoms with Crippen LogP contribution < -0.4 is 0 Å². The van der Waals surface area contributed by atoms with Crippen molar-refractivity contribution in [1.29, 1.82) is 0 Å². The Morgan fingerprint density at radius 1 is 0.897 bits per heavy atom. The molecule has 0 saturated carbocycles. The van der Waals surface area contributed by atoms with Crippen LogP contribution in [0.15, 0.2) is 71.9 Å². The molecule has 0 unspecified atom stereocenters. The lowest BCUT2D eigenvalue weighted by Crippen LogP contribution is -2.39. The summed E-state index contributed by atoms with van der Waals surface area (Å²) in [6.07, 6.45) is 1.79. The summed E-state index contributed by atoms with van der Waals surface area (Å²) in [5.74, 6) is 0. The van der Waals surface area contributed by atoms with Crippen LogP contribution in [0, 0.1) is 0 Å². The van der Waals surface area contributed by atoms with Crippen molar-refractivity contribution in [2.45, 2.75) is 51.0 Å². The molecule has 4 nitrogen and oxygen atoms in total. The number of hydrogen-bond donors (Lipinski definition) is 0. The molecule has 0 bridgehead atoms. The number of rotatable bonds is 4. The van der Waals surface area contributed by atoms with Crippen molar-refractivity contribution < 1.29 is 9.53 Å². The van der Waals surface area contributed by atoms with Crippen molar-refractivity contribution in [2.24, 2.45) is 0 Å². The first-order chi connectivity index (χ1) is 13.8. The third-order valence-electron chi connectivity index (χ3n) is 6.15. The van der Waals surface area contributed by atoms with Gasteiger partial charge in [0, 0.05) is 7.05 Å². The van der Waals surface area contributed by atoms with Crippen LogP contribution in [-0.4, -0.2) is 43.2 Å². The van der Waals surface area contributed by atoms with Gasteiger partial charge in [-0.3, -0.25) is 4.90 Å². The maximum absolute atomic E-state index is 13.2. The Labute approximate surface area is 174 Å². The van der Waals surface area contributed by atoms with Crippen molar-refractivity contribution >= 4 is 14.1 Å². The average Bonchev–Trinajstić information content (AvgIpc) is 3.25. The Hall–Kier alpha value is -2.37. The minimum Gasteiger partial charge on any atom is -0.343 e. The highest BCUT2D eigenvalue weighted by molar-refractivity contribution is 6.83. The Morgan fingerprint density at radius 2 is 1.45 bits per heavy atom. The normalized spacial score (nSPS) is 27.5. The van der Waals surface area contributed by atoms with Crippen LogP contribution in [0.25, 0.3) is 0 Å². The van der Waals surface area contributed by atoms with E-state index < -0.39 is 8.07 Å². The molecule has 5 heteroatoms. The smallest absolute Gasteiger partial charge is 0.322 e. The summed E-state index contributed by atoms with van der Waals surface area (Å²) in [5, 5.41) is 1.36. The number of urea groups is 1. The molecule has 2 aliphatic rings. The van der Waals surface area contributed by atoms with Crippen LogP contribution >= 0.6 is 0 Å². The monoisotopic (exact) mass is 406 g/mol. The van der Waals surface area contributed by atoms with E-state index in [1.807, 2.05) is 41.1 Å². The second kappa shape index (κ2) is 7.47. The van der Waals surface area contributed by atoms with Crippen LogP contribution in [0.5, 0.6) is 0 Å². The first-order valence-electron chi connectivity index (χ1n) is 10.3. The summed E-state index contributed by atoms with van der Waals surface area (Å²) in [7, 11) is 0.249. The SMILES string of the molecule is C[C@H]1[C@@H](c2ccccc2)N([C@@H]2C=C([Si](C)(C)C)[C@H](c3ccccc3)O2)C(=O)N1C. The van der Waals surface area contributed by atoms with Crippen molar-refractivity contribution in [3.05, 3.63) is 83.1 Å². The topological polar surface area (TPSA) is 32.8 Å². The van der Waals surface area contributed by atoms with Gasteiger partial charge >= 0.3 is 6.03 Å². The van der Waals surface area contributed by atoms with Gasteiger partial charge in [-0.05, 0) is 29.3 Å². The summed E-state index contributed by atoms with van der Waals surface area (Å²) < 4.78 is 6.61. The number of benzene rings is 2. The van der Waals surface area contributed by atoms with E-state index in [0.29, 0.717) is 0 Å². The van der Waals surface area contributed by atoms with Gasteiger partial charge in [0.2, 0.25) is 0 Å². The van der Waals surface area contributed by atoms with Gasteiger partial charge in [0.25, 0.3) is 0 Å². The van der Waals surface area contributed by atoms with Crippen LogP contribution in [0.1, 0.15) is 30.2 Å². The largest absolute Gasteiger partial charge is 0.343 e. The van der Waals surface area contributed by atoms with Crippen LogP contribution in [0.3, 0.4) is 0 Å². The zero-order valence-electron chi connectivity index (χ0n) is 17.9. The molecule has 0 aromatic heterocycles. The van der Waals surface area contributed by atoms with Gasteiger partial charge in [-0.15, -0.1) is 0 Å². The van der Waals surface area contributed by atoms with Crippen molar-refractivity contribution in [2.75, 3.05) is 7.05 Å². The molecule has 0 N–H and O–H groups in total. The zero-order chi connectivity index (χ0) is 20.8. The minimum absolute atomic E-state index is 0.0243. The molecular formula is C24H30N2O2Si. The quantitative estimate of drug-likeness (QED) is 0.638. The molecule has 0 aliphatic carbocycles. The van der Waals surface area contributed by atoms with Gasteiger partial charge in [-0.25, -0.2) is 4.79 Å². The maximum Gasteiger partial charge on any atom is 0.322 e. The maximum atomic E-state index is 13.2. The predicted molar refractivity (Wildman–Crippen MR) is 119 cm³/mol. The lowest BCUT2D eigenvalue weighted by Gasteiger charge is -2.30. The van der Waals surface area contributed by atoms with E-state index >= 15 is 0 Å². The van der Waals surface area contributed by atoms with Crippen molar-refractivity contribution in [3.8, 4) is 0 Å². The van der Waals surface area contributed by atoms with Crippen molar-refractivity contribution in [1.82, 2.24) is 9.80 Å². The molecule has 2 aromatic rings. The van der Waals surface area contributed by atoms with E-state index in [1.54, 1.807) is 0 Å². The number of nitrogens with zero attached hydrogens (tertiary/aromatic N) is 2. The number of amides is 2. The summed E-state index contributed by atoms with van der Waals surface area (Å²) in [5.41, 5.74) is 2.31. The fourth-order valence-electron chi connectivity index (χ4n) is 4.44. The Bertz CT molecular complexity index is 907. The molecule has 2 heterocycles. The van der Waals surface area contributed by atoms with Gasteiger partial charge in [0.15, 0.2) is 6.23 Å². The van der Waals surface area contributed by atoms with Crippen LogP contribution in [-0.2, 0) is 4.74 Å². The highest BCUT2D eigenvalue weighted by atomic mass is 28.3. The second-order valence-corrected chi connectivity index (χ2v) is 14.2. The lowest BCUT2D eigenvalue weighted by molar-refractivity contribution is -0.0302. The van der Waals surface area contributed by atoms with Crippen LogP contribution in [0.4, 0.5) is 4.79 Å². The Kier molecular flexibility index (Phi) is 5.13. The van der Waals surface area contributed by atoms with E-state index in [9.17, 15) is 4.79 Å². The average molecular weight is 407 g/mol. The minimum atomic E-state index is -1.64. The molecule has 4 rings (SSSR count). The zero-order valence-corrected chi connectivity index (χ0v) is 18.9. The Morgan fingerprint density at radius 3 is 2.00 bits per heavy atom.